The molecular weight excluding hydrogens is 497 g/mol. The molecule has 12 heteroatoms. The Balaban J connectivity index is 1.78. The van der Waals surface area contributed by atoms with Crippen LogP contribution in [0.4, 0.5) is 24.5 Å². The fourth-order valence-electron chi connectivity index (χ4n) is 2.98. The minimum Gasteiger partial charge on any atom is -0.495 e. The summed E-state index contributed by atoms with van der Waals surface area (Å²) in [6.07, 6.45) is -3.53. The molecule has 0 heterocycles. The molecule has 0 bridgehead atoms. The predicted octanol–water partition coefficient (Wildman–Crippen LogP) is 4.53. The van der Waals surface area contributed by atoms with Crippen LogP contribution in [-0.2, 0) is 14.8 Å². The molecule has 36 heavy (non-hydrogen) atoms. The molecule has 0 aliphatic carbocycles. The summed E-state index contributed by atoms with van der Waals surface area (Å²) >= 11 is 0. The Bertz CT molecular complexity index is 1390. The van der Waals surface area contributed by atoms with Crippen molar-refractivity contribution in [2.24, 2.45) is 10.7 Å². The first kappa shape index (κ1) is 26.3. The van der Waals surface area contributed by atoms with Gasteiger partial charge in [0.15, 0.2) is 0 Å². The van der Waals surface area contributed by atoms with Gasteiger partial charge in [0.05, 0.1) is 7.11 Å². The number of alkyl halides is 3. The van der Waals surface area contributed by atoms with Crippen molar-refractivity contribution in [3.05, 3.63) is 85.1 Å². The topological polar surface area (TPSA) is 123 Å². The van der Waals surface area contributed by atoms with Crippen LogP contribution in [0.3, 0.4) is 0 Å². The minimum absolute atomic E-state index is 0.0134. The summed E-state index contributed by atoms with van der Waals surface area (Å²) in [6, 6.07) is 20.1. The number of nitrogens with two attached hydrogens (primary N) is 1. The number of amidine groups is 1. The molecule has 0 radical (unpaired) electrons. The van der Waals surface area contributed by atoms with E-state index < -0.39 is 27.9 Å². The number of methoxy groups -OCH3 is 1. The maximum atomic E-state index is 13.1. The van der Waals surface area contributed by atoms with Gasteiger partial charge >= 0.3 is 6.18 Å². The van der Waals surface area contributed by atoms with Crippen molar-refractivity contribution in [1.29, 1.82) is 0 Å². The lowest BCUT2D eigenvalue weighted by molar-refractivity contribution is -0.111. The zero-order valence-corrected chi connectivity index (χ0v) is 19.6. The van der Waals surface area contributed by atoms with E-state index in [0.717, 1.165) is 17.2 Å². The third-order valence-electron chi connectivity index (χ3n) is 4.69. The molecule has 0 unspecified atom stereocenters. The van der Waals surface area contributed by atoms with Crippen molar-refractivity contribution >= 4 is 33.1 Å². The van der Waals surface area contributed by atoms with Gasteiger partial charge in [0.2, 0.25) is 11.7 Å². The molecule has 8 nitrogen and oxygen atoms in total. The molecule has 0 atom stereocenters. The highest BCUT2D eigenvalue weighted by Crippen LogP contribution is 2.29. The Morgan fingerprint density at radius 2 is 1.58 bits per heavy atom. The average Bonchev–Trinajstić information content (AvgIpc) is 2.84. The van der Waals surface area contributed by atoms with E-state index in [1.54, 1.807) is 24.3 Å². The van der Waals surface area contributed by atoms with Gasteiger partial charge in [0.25, 0.3) is 10.0 Å². The molecule has 3 aromatic rings. The van der Waals surface area contributed by atoms with Crippen molar-refractivity contribution in [3.8, 4) is 16.9 Å². The summed E-state index contributed by atoms with van der Waals surface area (Å²) in [7, 11) is -2.86. The fourth-order valence-corrected chi connectivity index (χ4v) is 4.23. The number of carbonyl (C=O) groups excluding carboxylic acids is 1. The molecule has 4 N–H and O–H groups in total. The lowest BCUT2D eigenvalue weighted by Gasteiger charge is -2.14. The average molecular weight is 519 g/mol. The van der Waals surface area contributed by atoms with Gasteiger partial charge in [0.1, 0.15) is 10.6 Å². The summed E-state index contributed by atoms with van der Waals surface area (Å²) < 4.78 is 70.7. The predicted molar refractivity (Wildman–Crippen MR) is 131 cm³/mol. The van der Waals surface area contributed by atoms with E-state index in [1.807, 2.05) is 30.3 Å². The quantitative estimate of drug-likeness (QED) is 0.230. The number of hydrogen-bond acceptors (Lipinski definition) is 5. The molecule has 3 rings (SSSR count). The Hall–Kier alpha value is -4.32. The summed E-state index contributed by atoms with van der Waals surface area (Å²) in [4.78, 5) is 14.7. The first-order chi connectivity index (χ1) is 17.0. The van der Waals surface area contributed by atoms with Crippen LogP contribution in [0.5, 0.6) is 5.75 Å². The molecular formula is C24H21F3N4O4S. The van der Waals surface area contributed by atoms with Crippen LogP contribution in [-0.4, -0.2) is 33.4 Å². The Kier molecular flexibility index (Phi) is 8.00. The smallest absolute Gasteiger partial charge is 0.448 e. The number of amides is 1. The lowest BCUT2D eigenvalue weighted by Crippen LogP contribution is -2.30. The van der Waals surface area contributed by atoms with E-state index in [-0.39, 0.29) is 16.3 Å². The number of rotatable bonds is 8. The summed E-state index contributed by atoms with van der Waals surface area (Å²) in [5, 5.41) is 2.34. The summed E-state index contributed by atoms with van der Waals surface area (Å²) in [5.74, 6) is -2.46. The second kappa shape index (κ2) is 11.0. The minimum atomic E-state index is -4.82. The van der Waals surface area contributed by atoms with Crippen molar-refractivity contribution < 1.29 is 31.1 Å². The van der Waals surface area contributed by atoms with Crippen LogP contribution in [0.2, 0.25) is 0 Å². The van der Waals surface area contributed by atoms with Crippen LogP contribution in [0.25, 0.3) is 11.1 Å². The lowest BCUT2D eigenvalue weighted by atomic mass is 10.1. The monoisotopic (exact) mass is 518 g/mol. The Labute approximate surface area is 205 Å². The van der Waals surface area contributed by atoms with Gasteiger partial charge in [-0.05, 0) is 41.5 Å². The number of sulfonamides is 1. The number of carbonyl (C=O) groups is 1. The van der Waals surface area contributed by atoms with Crippen LogP contribution >= 0.6 is 0 Å². The number of nitrogens with one attached hydrogen (secondary N) is 2. The van der Waals surface area contributed by atoms with Crippen LogP contribution in [0.1, 0.15) is 0 Å². The number of ether oxygens (including phenoxy) is 1. The molecule has 0 aliphatic rings. The molecule has 1 amide bonds. The SMILES string of the molecule is COc1ccc(NC(=O)/C=C/N=C(\N)C(F)(F)F)cc1S(=O)(=O)Nc1ccc(-c2ccccc2)cc1. The van der Waals surface area contributed by atoms with Crippen molar-refractivity contribution in [2.45, 2.75) is 11.1 Å². The largest absolute Gasteiger partial charge is 0.495 e. The molecule has 0 saturated heterocycles. The highest BCUT2D eigenvalue weighted by molar-refractivity contribution is 7.92. The molecule has 3 aromatic carbocycles. The third-order valence-corrected chi connectivity index (χ3v) is 6.10. The van der Waals surface area contributed by atoms with E-state index in [1.165, 1.54) is 19.2 Å². The van der Waals surface area contributed by atoms with Crippen molar-refractivity contribution in [1.82, 2.24) is 0 Å². The summed E-state index contributed by atoms with van der Waals surface area (Å²) in [5.41, 5.74) is 6.97. The van der Waals surface area contributed by atoms with Gasteiger partial charge in [-0.15, -0.1) is 0 Å². The van der Waals surface area contributed by atoms with Gasteiger partial charge in [-0.1, -0.05) is 42.5 Å². The maximum Gasteiger partial charge on any atom is 0.448 e. The zero-order chi connectivity index (χ0) is 26.3. The van der Waals surface area contributed by atoms with E-state index in [9.17, 15) is 26.4 Å². The number of anilines is 2. The van der Waals surface area contributed by atoms with Crippen molar-refractivity contribution in [2.75, 3.05) is 17.1 Å². The molecule has 0 aromatic heterocycles. The molecule has 188 valence electrons. The van der Waals surface area contributed by atoms with E-state index in [2.05, 4.69) is 15.0 Å². The fraction of sp³-hybridized carbons (Fsp3) is 0.0833. The maximum absolute atomic E-state index is 13.1. The number of hydrogen-bond donors (Lipinski definition) is 3. The number of benzene rings is 3. The van der Waals surface area contributed by atoms with E-state index in [4.69, 9.17) is 10.5 Å². The van der Waals surface area contributed by atoms with Gasteiger partial charge in [-0.25, -0.2) is 13.4 Å². The van der Waals surface area contributed by atoms with Crippen LogP contribution < -0.4 is 20.5 Å². The highest BCUT2D eigenvalue weighted by atomic mass is 32.2. The molecule has 0 fully saturated rings. The van der Waals surface area contributed by atoms with Crippen LogP contribution in [0.15, 0.2) is 95.0 Å². The molecule has 0 aliphatic heterocycles. The number of aliphatic imine (C=N–C) groups is 1. The molecule has 0 saturated carbocycles. The number of halogens is 3. The third kappa shape index (κ3) is 6.85. The van der Waals surface area contributed by atoms with E-state index in [0.29, 0.717) is 18.0 Å². The second-order valence-electron chi connectivity index (χ2n) is 7.23. The Morgan fingerprint density at radius 1 is 0.972 bits per heavy atom. The van der Waals surface area contributed by atoms with E-state index >= 15 is 0 Å². The zero-order valence-electron chi connectivity index (χ0n) is 18.8. The first-order valence-electron chi connectivity index (χ1n) is 10.2. The van der Waals surface area contributed by atoms with Gasteiger partial charge < -0.3 is 15.8 Å². The number of nitrogens with zero attached hydrogens (tertiary/aromatic N) is 1. The van der Waals surface area contributed by atoms with Gasteiger partial charge in [-0.3, -0.25) is 9.52 Å². The molecule has 0 spiro atoms. The first-order valence-corrected chi connectivity index (χ1v) is 11.7. The Morgan fingerprint density at radius 3 is 2.19 bits per heavy atom. The summed E-state index contributed by atoms with van der Waals surface area (Å²) in [6.45, 7) is 0. The highest BCUT2D eigenvalue weighted by Gasteiger charge is 2.33. The second-order valence-corrected chi connectivity index (χ2v) is 8.88. The van der Waals surface area contributed by atoms with Crippen LogP contribution in [0, 0.1) is 0 Å². The van der Waals surface area contributed by atoms with Gasteiger partial charge in [-0.2, -0.15) is 13.2 Å². The standard InChI is InChI=1S/C24H21F3N4O4S/c1-35-20-12-11-19(30-22(32)13-14-29-23(28)24(25,26)27)15-21(20)36(33,34)31-18-9-7-17(8-10-18)16-5-3-2-4-6-16/h2-15,31H,1H3,(H2,28,29)(H,30,32)/b14-13+. The normalized spacial score (nSPS) is 12.4. The van der Waals surface area contributed by atoms with Gasteiger partial charge in [0, 0.05) is 23.7 Å². The van der Waals surface area contributed by atoms with Crippen molar-refractivity contribution in [3.63, 3.8) is 0 Å².